The summed E-state index contributed by atoms with van der Waals surface area (Å²) in [6.07, 6.45) is 1.93. The number of hydrogen-bond donors (Lipinski definition) is 2. The lowest BCUT2D eigenvalue weighted by atomic mass is 10.1. The summed E-state index contributed by atoms with van der Waals surface area (Å²) in [5, 5.41) is 13.6. The van der Waals surface area contributed by atoms with E-state index in [1.807, 2.05) is 0 Å². The molecule has 0 heterocycles. The highest BCUT2D eigenvalue weighted by atomic mass is 79.9. The number of alkyl halides is 1. The maximum Gasteiger partial charge on any atom is 0.255 e. The minimum atomic E-state index is -0.281. The van der Waals surface area contributed by atoms with Gasteiger partial charge in [0.25, 0.3) is 5.91 Å². The van der Waals surface area contributed by atoms with Gasteiger partial charge in [-0.15, -0.1) is 0 Å². The fourth-order valence-electron chi connectivity index (χ4n) is 1.44. The standard InChI is InChI=1S/C11H11BrClNO2/c12-6-11(3-4-11)14-10(16)8-5-7(13)1-2-9(8)15/h1-2,5,15H,3-4,6H2,(H,14,16). The molecule has 1 aliphatic carbocycles. The van der Waals surface area contributed by atoms with Crippen LogP contribution in [0.1, 0.15) is 23.2 Å². The summed E-state index contributed by atoms with van der Waals surface area (Å²) in [7, 11) is 0. The molecule has 1 amide bonds. The topological polar surface area (TPSA) is 49.3 Å². The number of phenolic OH excluding ortho intramolecular Hbond substituents is 1. The van der Waals surface area contributed by atoms with E-state index in [4.69, 9.17) is 11.6 Å². The van der Waals surface area contributed by atoms with Crippen LogP contribution in [-0.4, -0.2) is 21.9 Å². The first-order valence-corrected chi connectivity index (χ1v) is 6.43. The van der Waals surface area contributed by atoms with E-state index in [1.54, 1.807) is 6.07 Å². The first-order chi connectivity index (χ1) is 7.56. The lowest BCUT2D eigenvalue weighted by Gasteiger charge is -2.14. The molecule has 1 fully saturated rings. The van der Waals surface area contributed by atoms with Gasteiger partial charge in [-0.2, -0.15) is 0 Å². The average molecular weight is 305 g/mol. The Hall–Kier alpha value is -0.740. The summed E-state index contributed by atoms with van der Waals surface area (Å²) in [5.41, 5.74) is 0.0889. The van der Waals surface area contributed by atoms with Crippen molar-refractivity contribution in [2.24, 2.45) is 0 Å². The van der Waals surface area contributed by atoms with E-state index < -0.39 is 0 Å². The average Bonchev–Trinajstić information content (AvgIpc) is 3.02. The van der Waals surface area contributed by atoms with Gasteiger partial charge in [-0.05, 0) is 31.0 Å². The molecule has 0 atom stereocenters. The predicted octanol–water partition coefficient (Wildman–Crippen LogP) is 2.70. The molecular formula is C11H11BrClNO2. The van der Waals surface area contributed by atoms with Crippen molar-refractivity contribution in [3.05, 3.63) is 28.8 Å². The number of aromatic hydroxyl groups is 1. The van der Waals surface area contributed by atoms with Crippen LogP contribution in [0.3, 0.4) is 0 Å². The first kappa shape index (κ1) is 11.7. The highest BCUT2D eigenvalue weighted by Gasteiger charge is 2.43. The van der Waals surface area contributed by atoms with Crippen LogP contribution in [0.5, 0.6) is 5.75 Å². The molecule has 0 radical (unpaired) electrons. The van der Waals surface area contributed by atoms with Crippen LogP contribution in [0.25, 0.3) is 0 Å². The molecule has 1 saturated carbocycles. The molecule has 1 aliphatic rings. The van der Waals surface area contributed by atoms with Crippen LogP contribution in [0.4, 0.5) is 0 Å². The number of hydrogen-bond acceptors (Lipinski definition) is 2. The Morgan fingerprint density at radius 2 is 2.25 bits per heavy atom. The zero-order valence-corrected chi connectivity index (χ0v) is 10.8. The zero-order valence-electron chi connectivity index (χ0n) is 8.46. The van der Waals surface area contributed by atoms with Gasteiger partial charge in [-0.3, -0.25) is 4.79 Å². The SMILES string of the molecule is O=C(NC1(CBr)CC1)c1cc(Cl)ccc1O. The molecule has 86 valence electrons. The van der Waals surface area contributed by atoms with Crippen molar-refractivity contribution >= 4 is 33.4 Å². The number of nitrogens with one attached hydrogen (secondary N) is 1. The number of amides is 1. The predicted molar refractivity (Wildman–Crippen MR) is 66.3 cm³/mol. The van der Waals surface area contributed by atoms with Crippen molar-refractivity contribution in [3.63, 3.8) is 0 Å². The molecule has 1 aromatic carbocycles. The van der Waals surface area contributed by atoms with Crippen LogP contribution in [0.2, 0.25) is 5.02 Å². The molecule has 0 bridgehead atoms. The quantitative estimate of drug-likeness (QED) is 0.844. The van der Waals surface area contributed by atoms with E-state index in [0.717, 1.165) is 18.2 Å². The normalized spacial score (nSPS) is 16.9. The third-order valence-electron chi connectivity index (χ3n) is 2.69. The van der Waals surface area contributed by atoms with Gasteiger partial charge in [0.1, 0.15) is 5.75 Å². The van der Waals surface area contributed by atoms with Crippen LogP contribution >= 0.6 is 27.5 Å². The van der Waals surface area contributed by atoms with Gasteiger partial charge in [0, 0.05) is 10.4 Å². The van der Waals surface area contributed by atoms with Crippen LogP contribution in [0.15, 0.2) is 18.2 Å². The maximum atomic E-state index is 11.9. The Morgan fingerprint density at radius 3 is 2.81 bits per heavy atom. The summed E-state index contributed by atoms with van der Waals surface area (Å²) < 4.78 is 0. The number of benzene rings is 1. The second kappa shape index (κ2) is 4.26. The molecule has 5 heteroatoms. The maximum absolute atomic E-state index is 11.9. The highest BCUT2D eigenvalue weighted by Crippen LogP contribution is 2.37. The lowest BCUT2D eigenvalue weighted by molar-refractivity contribution is 0.0934. The van der Waals surface area contributed by atoms with Gasteiger partial charge >= 0.3 is 0 Å². The third-order valence-corrected chi connectivity index (χ3v) is 4.00. The minimum absolute atomic E-state index is 0.0488. The second-order valence-corrected chi connectivity index (χ2v) is 5.03. The zero-order chi connectivity index (χ0) is 11.8. The van der Waals surface area contributed by atoms with E-state index in [-0.39, 0.29) is 22.8 Å². The monoisotopic (exact) mass is 303 g/mol. The molecule has 0 unspecified atom stereocenters. The molecule has 2 rings (SSSR count). The molecule has 1 aromatic rings. The van der Waals surface area contributed by atoms with Crippen molar-refractivity contribution in [3.8, 4) is 5.75 Å². The molecule has 0 aromatic heterocycles. The summed E-state index contributed by atoms with van der Waals surface area (Å²) in [6, 6.07) is 4.44. The van der Waals surface area contributed by atoms with Crippen LogP contribution in [0, 0.1) is 0 Å². The number of rotatable bonds is 3. The molecule has 0 aliphatic heterocycles. The van der Waals surface area contributed by atoms with Crippen molar-refractivity contribution in [1.29, 1.82) is 0 Å². The molecule has 16 heavy (non-hydrogen) atoms. The van der Waals surface area contributed by atoms with E-state index in [9.17, 15) is 9.90 Å². The number of phenols is 1. The summed E-state index contributed by atoms with van der Waals surface area (Å²) >= 11 is 9.15. The molecule has 2 N–H and O–H groups in total. The third kappa shape index (κ3) is 2.33. The Kier molecular flexibility index (Phi) is 3.13. The van der Waals surface area contributed by atoms with Gasteiger partial charge in [-0.1, -0.05) is 27.5 Å². The van der Waals surface area contributed by atoms with Gasteiger partial charge < -0.3 is 10.4 Å². The summed E-state index contributed by atoms with van der Waals surface area (Å²) in [5.74, 6) is -0.329. The summed E-state index contributed by atoms with van der Waals surface area (Å²) in [6.45, 7) is 0. The largest absolute Gasteiger partial charge is 0.507 e. The van der Waals surface area contributed by atoms with Gasteiger partial charge in [0.05, 0.1) is 11.1 Å². The number of carbonyl (C=O) groups excluding carboxylic acids is 1. The van der Waals surface area contributed by atoms with E-state index in [1.165, 1.54) is 12.1 Å². The Bertz CT molecular complexity index is 432. The fourth-order valence-corrected chi connectivity index (χ4v) is 2.31. The number of carbonyl (C=O) groups is 1. The highest BCUT2D eigenvalue weighted by molar-refractivity contribution is 9.09. The molecule has 0 spiro atoms. The Labute approximate surface area is 107 Å². The van der Waals surface area contributed by atoms with Crippen LogP contribution < -0.4 is 5.32 Å². The second-order valence-electron chi connectivity index (χ2n) is 4.03. The van der Waals surface area contributed by atoms with Crippen LogP contribution in [-0.2, 0) is 0 Å². The number of halogens is 2. The minimum Gasteiger partial charge on any atom is -0.507 e. The van der Waals surface area contributed by atoms with Gasteiger partial charge in [0.2, 0.25) is 0 Å². The van der Waals surface area contributed by atoms with Gasteiger partial charge in [0.15, 0.2) is 0 Å². The van der Waals surface area contributed by atoms with E-state index in [0.29, 0.717) is 5.02 Å². The summed E-state index contributed by atoms with van der Waals surface area (Å²) in [4.78, 5) is 11.9. The Morgan fingerprint density at radius 1 is 1.56 bits per heavy atom. The molecular weight excluding hydrogens is 293 g/mol. The van der Waals surface area contributed by atoms with Crippen molar-refractivity contribution in [1.82, 2.24) is 5.32 Å². The Balaban J connectivity index is 2.17. The van der Waals surface area contributed by atoms with Gasteiger partial charge in [-0.25, -0.2) is 0 Å². The van der Waals surface area contributed by atoms with Crippen molar-refractivity contribution in [2.75, 3.05) is 5.33 Å². The smallest absolute Gasteiger partial charge is 0.255 e. The fraction of sp³-hybridized carbons (Fsp3) is 0.364. The molecule has 0 saturated heterocycles. The van der Waals surface area contributed by atoms with E-state index >= 15 is 0 Å². The lowest BCUT2D eigenvalue weighted by Crippen LogP contribution is -2.38. The van der Waals surface area contributed by atoms with Crippen molar-refractivity contribution in [2.45, 2.75) is 18.4 Å². The molecule has 3 nitrogen and oxygen atoms in total. The van der Waals surface area contributed by atoms with Crippen molar-refractivity contribution < 1.29 is 9.90 Å². The first-order valence-electron chi connectivity index (χ1n) is 4.93. The van der Waals surface area contributed by atoms with E-state index in [2.05, 4.69) is 21.2 Å².